The first-order valence-electron chi connectivity index (χ1n) is 6.17. The van der Waals surface area contributed by atoms with Gasteiger partial charge in [-0.1, -0.05) is 54.6 Å². The summed E-state index contributed by atoms with van der Waals surface area (Å²) in [5.74, 6) is -0.626. The second-order valence-corrected chi connectivity index (χ2v) is 4.84. The first kappa shape index (κ1) is 12.1. The molecular formula is C16H13FO2. The molecule has 2 nitrogen and oxygen atoms in total. The molecule has 19 heavy (non-hydrogen) atoms. The van der Waals surface area contributed by atoms with E-state index in [-0.39, 0.29) is 6.42 Å². The number of benzene rings is 2. The SMILES string of the molecule is O=C1c2ccccc2C[C@@]1(F)[C@H](O)c1ccccc1. The summed E-state index contributed by atoms with van der Waals surface area (Å²) in [6.45, 7) is 0. The molecule has 2 atom stereocenters. The Morgan fingerprint density at radius 1 is 1.05 bits per heavy atom. The fourth-order valence-electron chi connectivity index (χ4n) is 2.60. The number of rotatable bonds is 2. The lowest BCUT2D eigenvalue weighted by atomic mass is 9.89. The summed E-state index contributed by atoms with van der Waals surface area (Å²) in [7, 11) is 0. The van der Waals surface area contributed by atoms with Gasteiger partial charge in [0.05, 0.1) is 0 Å². The Morgan fingerprint density at radius 2 is 1.68 bits per heavy atom. The minimum absolute atomic E-state index is 0.0714. The molecule has 3 rings (SSSR count). The van der Waals surface area contributed by atoms with Crippen molar-refractivity contribution < 1.29 is 14.3 Å². The number of hydrogen-bond donors (Lipinski definition) is 1. The molecule has 1 N–H and O–H groups in total. The van der Waals surface area contributed by atoms with Crippen molar-refractivity contribution in [3.63, 3.8) is 0 Å². The molecule has 0 unspecified atom stereocenters. The van der Waals surface area contributed by atoms with Crippen LogP contribution in [0.4, 0.5) is 4.39 Å². The molecule has 0 saturated heterocycles. The van der Waals surface area contributed by atoms with Crippen LogP contribution in [0, 0.1) is 0 Å². The summed E-state index contributed by atoms with van der Waals surface area (Å²) in [6.07, 6.45) is -1.51. The molecule has 0 fully saturated rings. The lowest BCUT2D eigenvalue weighted by molar-refractivity contribution is 0.00481. The Labute approximate surface area is 110 Å². The second-order valence-electron chi connectivity index (χ2n) is 4.84. The first-order valence-corrected chi connectivity index (χ1v) is 6.17. The number of hydrogen-bond acceptors (Lipinski definition) is 2. The third kappa shape index (κ3) is 1.78. The van der Waals surface area contributed by atoms with Crippen molar-refractivity contribution in [3.8, 4) is 0 Å². The lowest BCUT2D eigenvalue weighted by Crippen LogP contribution is -2.37. The summed E-state index contributed by atoms with van der Waals surface area (Å²) >= 11 is 0. The van der Waals surface area contributed by atoms with Crippen LogP contribution in [0.15, 0.2) is 54.6 Å². The minimum Gasteiger partial charge on any atom is -0.385 e. The van der Waals surface area contributed by atoms with Gasteiger partial charge in [0.25, 0.3) is 0 Å². The summed E-state index contributed by atoms with van der Waals surface area (Å²) in [5.41, 5.74) is -0.804. The average Bonchev–Trinajstić information content (AvgIpc) is 2.72. The molecular weight excluding hydrogens is 243 g/mol. The van der Waals surface area contributed by atoms with Crippen molar-refractivity contribution in [3.05, 3.63) is 71.3 Å². The van der Waals surface area contributed by atoms with Crippen molar-refractivity contribution in [2.75, 3.05) is 0 Å². The third-order valence-corrected chi connectivity index (χ3v) is 3.64. The number of carbonyl (C=O) groups is 1. The maximum Gasteiger partial charge on any atom is 0.207 e. The van der Waals surface area contributed by atoms with Gasteiger partial charge in [-0.3, -0.25) is 4.79 Å². The van der Waals surface area contributed by atoms with Gasteiger partial charge in [-0.2, -0.15) is 0 Å². The maximum absolute atomic E-state index is 15.0. The van der Waals surface area contributed by atoms with Crippen molar-refractivity contribution >= 4 is 5.78 Å². The maximum atomic E-state index is 15.0. The molecule has 1 aliphatic rings. The normalized spacial score (nSPS) is 23.2. The Morgan fingerprint density at radius 3 is 2.37 bits per heavy atom. The molecule has 0 aromatic heterocycles. The molecule has 2 aromatic rings. The van der Waals surface area contributed by atoms with Crippen molar-refractivity contribution in [2.24, 2.45) is 0 Å². The minimum atomic E-state index is -2.26. The number of aliphatic hydroxyl groups is 1. The van der Waals surface area contributed by atoms with E-state index < -0.39 is 17.6 Å². The van der Waals surface area contributed by atoms with Crippen LogP contribution in [0.1, 0.15) is 27.6 Å². The predicted octanol–water partition coefficient (Wildman–Crippen LogP) is 2.87. The Hall–Kier alpha value is -2.00. The number of alkyl halides is 1. The highest BCUT2D eigenvalue weighted by Crippen LogP contribution is 2.41. The highest BCUT2D eigenvalue weighted by Gasteiger charge is 2.51. The summed E-state index contributed by atoms with van der Waals surface area (Å²) in [6, 6.07) is 15.3. The van der Waals surface area contributed by atoms with Gasteiger partial charge < -0.3 is 5.11 Å². The standard InChI is InChI=1S/C16H13FO2/c17-16(14(18)11-6-2-1-3-7-11)10-12-8-4-5-9-13(12)15(16)19/h1-9,14,18H,10H2/t14-,16-/m1/s1. The second kappa shape index (κ2) is 4.28. The van der Waals surface area contributed by atoms with Crippen LogP contribution in [0.3, 0.4) is 0 Å². The molecule has 2 aromatic carbocycles. The summed E-state index contributed by atoms with van der Waals surface area (Å²) < 4.78 is 15.0. The molecule has 1 aliphatic carbocycles. The summed E-state index contributed by atoms with van der Waals surface area (Å²) in [4.78, 5) is 12.2. The van der Waals surface area contributed by atoms with Crippen LogP contribution >= 0.6 is 0 Å². The van der Waals surface area contributed by atoms with Crippen LogP contribution in [-0.2, 0) is 6.42 Å². The van der Waals surface area contributed by atoms with Crippen molar-refractivity contribution in [2.45, 2.75) is 18.2 Å². The van der Waals surface area contributed by atoms with Gasteiger partial charge in [0, 0.05) is 12.0 Å². The van der Waals surface area contributed by atoms with Gasteiger partial charge in [-0.25, -0.2) is 4.39 Å². The lowest BCUT2D eigenvalue weighted by Gasteiger charge is -2.24. The topological polar surface area (TPSA) is 37.3 Å². The van der Waals surface area contributed by atoms with Gasteiger partial charge in [-0.15, -0.1) is 0 Å². The van der Waals surface area contributed by atoms with Gasteiger partial charge in [-0.05, 0) is 11.1 Å². The van der Waals surface area contributed by atoms with Gasteiger partial charge in [0.15, 0.2) is 0 Å². The van der Waals surface area contributed by atoms with Crippen LogP contribution in [-0.4, -0.2) is 16.6 Å². The summed E-state index contributed by atoms with van der Waals surface area (Å²) in [5, 5.41) is 10.2. The molecule has 0 heterocycles. The van der Waals surface area contributed by atoms with Gasteiger partial charge in [0.2, 0.25) is 11.5 Å². The zero-order chi connectivity index (χ0) is 13.5. The van der Waals surface area contributed by atoms with Crippen molar-refractivity contribution in [1.82, 2.24) is 0 Å². The van der Waals surface area contributed by atoms with E-state index in [9.17, 15) is 14.3 Å². The van der Waals surface area contributed by atoms with Crippen LogP contribution < -0.4 is 0 Å². The molecule has 0 radical (unpaired) electrons. The van der Waals surface area contributed by atoms with E-state index in [4.69, 9.17) is 0 Å². The molecule has 0 spiro atoms. The van der Waals surface area contributed by atoms with E-state index in [0.717, 1.165) is 0 Å². The monoisotopic (exact) mass is 256 g/mol. The first-order chi connectivity index (χ1) is 9.13. The Bertz CT molecular complexity index is 624. The number of aliphatic hydroxyl groups excluding tert-OH is 1. The Kier molecular flexibility index (Phi) is 2.72. The largest absolute Gasteiger partial charge is 0.385 e. The van der Waals surface area contributed by atoms with Crippen molar-refractivity contribution in [1.29, 1.82) is 0 Å². The number of ketones is 1. The molecule has 0 aliphatic heterocycles. The van der Waals surface area contributed by atoms with Gasteiger partial charge in [0.1, 0.15) is 6.10 Å². The van der Waals surface area contributed by atoms with E-state index in [2.05, 4.69) is 0 Å². The number of fused-ring (bicyclic) bond motifs is 1. The average molecular weight is 256 g/mol. The number of Topliss-reactive ketones (excluding diaryl/α,β-unsaturated/α-hetero) is 1. The van der Waals surface area contributed by atoms with E-state index in [0.29, 0.717) is 16.7 Å². The highest BCUT2D eigenvalue weighted by molar-refractivity contribution is 6.07. The van der Waals surface area contributed by atoms with Crippen LogP contribution in [0.5, 0.6) is 0 Å². The van der Waals surface area contributed by atoms with Crippen LogP contribution in [0.25, 0.3) is 0 Å². The Balaban J connectivity index is 2.01. The molecule has 3 heteroatoms. The molecule has 0 amide bonds. The van der Waals surface area contributed by atoms with E-state index >= 15 is 0 Å². The van der Waals surface area contributed by atoms with Crippen LogP contribution in [0.2, 0.25) is 0 Å². The number of carbonyl (C=O) groups excluding carboxylic acids is 1. The number of halogens is 1. The molecule has 96 valence electrons. The van der Waals surface area contributed by atoms with Gasteiger partial charge >= 0.3 is 0 Å². The fourth-order valence-corrected chi connectivity index (χ4v) is 2.60. The van der Waals surface area contributed by atoms with E-state index in [1.165, 1.54) is 0 Å². The third-order valence-electron chi connectivity index (χ3n) is 3.64. The quantitative estimate of drug-likeness (QED) is 0.897. The van der Waals surface area contributed by atoms with E-state index in [1.54, 1.807) is 54.6 Å². The smallest absolute Gasteiger partial charge is 0.207 e. The highest BCUT2D eigenvalue weighted by atomic mass is 19.1. The molecule has 0 saturated carbocycles. The zero-order valence-electron chi connectivity index (χ0n) is 10.2. The predicted molar refractivity (Wildman–Crippen MR) is 69.7 cm³/mol. The van der Waals surface area contributed by atoms with E-state index in [1.807, 2.05) is 0 Å². The fraction of sp³-hybridized carbons (Fsp3) is 0.188. The molecule has 0 bridgehead atoms. The zero-order valence-corrected chi connectivity index (χ0v) is 10.2.